The number of fused-ring (bicyclic) bond motifs is 1. The molecule has 2 aromatic heterocycles. The molecule has 0 unspecified atom stereocenters. The van der Waals surface area contributed by atoms with Gasteiger partial charge in [0, 0.05) is 22.7 Å². The summed E-state index contributed by atoms with van der Waals surface area (Å²) in [6.07, 6.45) is 0. The zero-order chi connectivity index (χ0) is 13.2. The van der Waals surface area contributed by atoms with Gasteiger partial charge in [0.15, 0.2) is 0 Å². The van der Waals surface area contributed by atoms with Crippen molar-refractivity contribution in [2.24, 2.45) is 5.73 Å². The molecule has 5 nitrogen and oxygen atoms in total. The van der Waals surface area contributed by atoms with Crippen molar-refractivity contribution < 1.29 is 9.15 Å². The molecule has 3 N–H and O–H groups in total. The Hall–Kier alpha value is -2.27. The monoisotopic (exact) mass is 257 g/mol. The summed E-state index contributed by atoms with van der Waals surface area (Å²) in [5.41, 5.74) is 8.50. The number of H-pyrrole nitrogens is 1. The Balaban J connectivity index is 1.90. The second kappa shape index (κ2) is 4.78. The van der Waals surface area contributed by atoms with Gasteiger partial charge in [0.05, 0.1) is 6.54 Å². The summed E-state index contributed by atoms with van der Waals surface area (Å²) < 4.78 is 11.4. The average molecular weight is 257 g/mol. The topological polar surface area (TPSA) is 77.1 Å². The molecular formula is C14H15N3O2. The van der Waals surface area contributed by atoms with Crippen molar-refractivity contribution in [3.63, 3.8) is 0 Å². The van der Waals surface area contributed by atoms with E-state index in [1.807, 2.05) is 37.3 Å². The first kappa shape index (κ1) is 11.8. The van der Waals surface area contributed by atoms with E-state index in [0.717, 1.165) is 28.0 Å². The van der Waals surface area contributed by atoms with Crippen molar-refractivity contribution in [2.45, 2.75) is 20.1 Å². The molecule has 3 aromatic rings. The molecule has 0 aliphatic rings. The van der Waals surface area contributed by atoms with E-state index in [2.05, 4.69) is 10.2 Å². The van der Waals surface area contributed by atoms with Gasteiger partial charge in [0.2, 0.25) is 5.88 Å². The standard InChI is InChI=1S/C14H15N3O2/c1-9-6-14(17-16-9)18-8-11-10-4-2-3-5-12(10)19-13(11)7-15/h2-6H,7-8,15H2,1H3,(H,16,17). The van der Waals surface area contributed by atoms with Crippen LogP contribution in [0.1, 0.15) is 17.0 Å². The fraction of sp³-hybridized carbons (Fsp3) is 0.214. The predicted octanol–water partition coefficient (Wildman–Crippen LogP) is 2.50. The van der Waals surface area contributed by atoms with Crippen molar-refractivity contribution >= 4 is 11.0 Å². The van der Waals surface area contributed by atoms with Crippen LogP contribution in [-0.2, 0) is 13.2 Å². The lowest BCUT2D eigenvalue weighted by Gasteiger charge is -2.02. The van der Waals surface area contributed by atoms with Gasteiger partial charge in [-0.2, -0.15) is 0 Å². The van der Waals surface area contributed by atoms with E-state index in [1.165, 1.54) is 0 Å². The first-order valence-electron chi connectivity index (χ1n) is 6.12. The third kappa shape index (κ3) is 2.20. The zero-order valence-corrected chi connectivity index (χ0v) is 10.6. The molecule has 0 fully saturated rings. The molecule has 0 spiro atoms. The Kier molecular flexibility index (Phi) is 2.97. The molecular weight excluding hydrogens is 242 g/mol. The van der Waals surface area contributed by atoms with Crippen LogP contribution in [0.15, 0.2) is 34.7 Å². The Labute approximate surface area is 110 Å². The summed E-state index contributed by atoms with van der Waals surface area (Å²) in [6.45, 7) is 2.68. The molecule has 0 bridgehead atoms. The number of hydrogen-bond donors (Lipinski definition) is 2. The van der Waals surface area contributed by atoms with Gasteiger partial charge >= 0.3 is 0 Å². The quantitative estimate of drug-likeness (QED) is 0.752. The first-order chi connectivity index (χ1) is 9.28. The lowest BCUT2D eigenvalue weighted by Crippen LogP contribution is -2.02. The van der Waals surface area contributed by atoms with Crippen LogP contribution in [0.25, 0.3) is 11.0 Å². The van der Waals surface area contributed by atoms with Crippen LogP contribution < -0.4 is 10.5 Å². The number of nitrogens with zero attached hydrogens (tertiary/aromatic N) is 1. The lowest BCUT2D eigenvalue weighted by molar-refractivity contribution is 0.291. The Bertz CT molecular complexity index is 700. The van der Waals surface area contributed by atoms with E-state index in [4.69, 9.17) is 14.9 Å². The third-order valence-electron chi connectivity index (χ3n) is 3.01. The third-order valence-corrected chi connectivity index (χ3v) is 3.01. The van der Waals surface area contributed by atoms with Crippen LogP contribution in [-0.4, -0.2) is 10.2 Å². The number of aromatic amines is 1. The number of rotatable bonds is 4. The van der Waals surface area contributed by atoms with Crippen molar-refractivity contribution in [2.75, 3.05) is 0 Å². The van der Waals surface area contributed by atoms with Crippen LogP contribution in [0.3, 0.4) is 0 Å². The minimum atomic E-state index is 0.354. The van der Waals surface area contributed by atoms with Crippen LogP contribution in [0, 0.1) is 6.92 Å². The minimum absolute atomic E-state index is 0.354. The summed E-state index contributed by atoms with van der Waals surface area (Å²) in [6, 6.07) is 9.70. The molecule has 0 atom stereocenters. The summed E-state index contributed by atoms with van der Waals surface area (Å²) >= 11 is 0. The van der Waals surface area contributed by atoms with E-state index in [0.29, 0.717) is 19.0 Å². The molecule has 19 heavy (non-hydrogen) atoms. The van der Waals surface area contributed by atoms with Gasteiger partial charge in [0.1, 0.15) is 18.0 Å². The van der Waals surface area contributed by atoms with E-state index in [1.54, 1.807) is 0 Å². The molecule has 0 radical (unpaired) electrons. The van der Waals surface area contributed by atoms with Gasteiger partial charge in [-0.3, -0.25) is 5.10 Å². The van der Waals surface area contributed by atoms with Gasteiger partial charge < -0.3 is 14.9 Å². The number of ether oxygens (including phenoxy) is 1. The summed E-state index contributed by atoms with van der Waals surface area (Å²) in [5, 5.41) is 7.92. The summed E-state index contributed by atoms with van der Waals surface area (Å²) in [4.78, 5) is 0. The van der Waals surface area contributed by atoms with Crippen LogP contribution in [0.2, 0.25) is 0 Å². The predicted molar refractivity (Wildman–Crippen MR) is 71.8 cm³/mol. The van der Waals surface area contributed by atoms with E-state index in [9.17, 15) is 0 Å². The smallest absolute Gasteiger partial charge is 0.233 e. The molecule has 3 rings (SSSR count). The Morgan fingerprint density at radius 1 is 1.37 bits per heavy atom. The highest BCUT2D eigenvalue weighted by Gasteiger charge is 2.13. The maximum atomic E-state index is 5.72. The number of aryl methyl sites for hydroxylation is 1. The first-order valence-corrected chi connectivity index (χ1v) is 6.12. The van der Waals surface area contributed by atoms with E-state index < -0.39 is 0 Å². The number of nitrogens with one attached hydrogen (secondary N) is 1. The highest BCUT2D eigenvalue weighted by atomic mass is 16.5. The van der Waals surface area contributed by atoms with Crippen LogP contribution in [0.4, 0.5) is 0 Å². The molecule has 0 amide bonds. The van der Waals surface area contributed by atoms with Gasteiger partial charge in [-0.05, 0) is 13.0 Å². The van der Waals surface area contributed by atoms with Gasteiger partial charge in [-0.1, -0.05) is 18.2 Å². The lowest BCUT2D eigenvalue weighted by atomic mass is 10.1. The maximum absolute atomic E-state index is 5.72. The Morgan fingerprint density at radius 2 is 2.21 bits per heavy atom. The Morgan fingerprint density at radius 3 is 2.95 bits per heavy atom. The van der Waals surface area contributed by atoms with E-state index in [-0.39, 0.29) is 0 Å². The van der Waals surface area contributed by atoms with Crippen LogP contribution in [0.5, 0.6) is 5.88 Å². The highest BCUT2D eigenvalue weighted by molar-refractivity contribution is 5.82. The summed E-state index contributed by atoms with van der Waals surface area (Å²) in [7, 11) is 0. The largest absolute Gasteiger partial charge is 0.472 e. The fourth-order valence-electron chi connectivity index (χ4n) is 2.09. The molecule has 0 aliphatic heterocycles. The second-order valence-corrected chi connectivity index (χ2v) is 4.38. The zero-order valence-electron chi connectivity index (χ0n) is 10.6. The molecule has 2 heterocycles. The number of aromatic nitrogens is 2. The SMILES string of the molecule is Cc1cc(OCc2c(CN)oc3ccccc23)n[nH]1. The van der Waals surface area contributed by atoms with Crippen molar-refractivity contribution in [3.05, 3.63) is 47.3 Å². The van der Waals surface area contributed by atoms with Crippen LogP contribution >= 0.6 is 0 Å². The van der Waals surface area contributed by atoms with Gasteiger partial charge in [-0.25, -0.2) is 0 Å². The molecule has 1 aromatic carbocycles. The number of benzene rings is 1. The number of para-hydroxylation sites is 1. The molecule has 98 valence electrons. The molecule has 0 aliphatic carbocycles. The number of nitrogens with two attached hydrogens (primary N) is 1. The highest BCUT2D eigenvalue weighted by Crippen LogP contribution is 2.26. The van der Waals surface area contributed by atoms with Crippen molar-refractivity contribution in [1.82, 2.24) is 10.2 Å². The fourth-order valence-corrected chi connectivity index (χ4v) is 2.09. The summed E-state index contributed by atoms with van der Waals surface area (Å²) in [5.74, 6) is 1.33. The number of hydrogen-bond acceptors (Lipinski definition) is 4. The van der Waals surface area contributed by atoms with Crippen molar-refractivity contribution in [1.29, 1.82) is 0 Å². The second-order valence-electron chi connectivity index (χ2n) is 4.38. The molecule has 0 saturated carbocycles. The molecule has 5 heteroatoms. The minimum Gasteiger partial charge on any atom is -0.472 e. The van der Waals surface area contributed by atoms with E-state index >= 15 is 0 Å². The molecule has 0 saturated heterocycles. The van der Waals surface area contributed by atoms with Gasteiger partial charge in [-0.15, -0.1) is 5.10 Å². The average Bonchev–Trinajstić information content (AvgIpc) is 2.99. The maximum Gasteiger partial charge on any atom is 0.233 e. The number of furan rings is 1. The van der Waals surface area contributed by atoms with Gasteiger partial charge in [0.25, 0.3) is 0 Å². The van der Waals surface area contributed by atoms with Crippen molar-refractivity contribution in [3.8, 4) is 5.88 Å². The normalized spacial score (nSPS) is 11.1.